The van der Waals surface area contributed by atoms with Crippen molar-refractivity contribution in [1.82, 2.24) is 9.80 Å². The molecule has 6 nitrogen and oxygen atoms in total. The highest BCUT2D eigenvalue weighted by atomic mass is 16.5. The highest BCUT2D eigenvalue weighted by molar-refractivity contribution is 5.94. The van der Waals surface area contributed by atoms with Crippen LogP contribution in [-0.4, -0.2) is 68.1 Å². The molecular weight excluding hydrogens is 318 g/mol. The quantitative estimate of drug-likeness (QED) is 0.817. The van der Waals surface area contributed by atoms with E-state index < -0.39 is 0 Å². The number of ether oxygens (including phenoxy) is 1. The Bertz CT molecular complexity index is 564. The largest absolute Gasteiger partial charge is 0.383 e. The number of hydrogen-bond acceptors (Lipinski definition) is 4. The summed E-state index contributed by atoms with van der Waals surface area (Å²) in [6, 6.07) is 9.19. The van der Waals surface area contributed by atoms with Crippen LogP contribution in [0.4, 0.5) is 5.69 Å². The van der Waals surface area contributed by atoms with Gasteiger partial charge in [-0.3, -0.25) is 14.5 Å². The number of carbonyl (C=O) groups is 2. The summed E-state index contributed by atoms with van der Waals surface area (Å²) in [7, 11) is 3.44. The highest BCUT2D eigenvalue weighted by Crippen LogP contribution is 2.21. The number of hydrogen-bond donors (Lipinski definition) is 1. The summed E-state index contributed by atoms with van der Waals surface area (Å²) < 4.78 is 5.04. The number of anilines is 1. The Morgan fingerprint density at radius 1 is 1.36 bits per heavy atom. The van der Waals surface area contributed by atoms with Crippen LogP contribution in [0.1, 0.15) is 19.8 Å². The molecule has 2 amide bonds. The molecule has 1 aliphatic rings. The third-order valence-electron chi connectivity index (χ3n) is 4.78. The fourth-order valence-electron chi connectivity index (χ4n) is 3.14. The minimum absolute atomic E-state index is 0.0352. The lowest BCUT2D eigenvalue weighted by Gasteiger charge is -2.36. The first-order valence-corrected chi connectivity index (χ1v) is 8.86. The van der Waals surface area contributed by atoms with Crippen molar-refractivity contribution in [3.05, 3.63) is 30.3 Å². The van der Waals surface area contributed by atoms with E-state index in [0.717, 1.165) is 25.1 Å². The van der Waals surface area contributed by atoms with Crippen LogP contribution in [0.3, 0.4) is 0 Å². The predicted molar refractivity (Wildman–Crippen MR) is 98.3 cm³/mol. The summed E-state index contributed by atoms with van der Waals surface area (Å²) in [6.45, 7) is 4.50. The summed E-state index contributed by atoms with van der Waals surface area (Å²) in [5.41, 5.74) is 0.795. The molecule has 1 aromatic carbocycles. The van der Waals surface area contributed by atoms with E-state index in [1.807, 2.05) is 44.3 Å². The number of amides is 2. The van der Waals surface area contributed by atoms with Crippen LogP contribution in [0.25, 0.3) is 0 Å². The van der Waals surface area contributed by atoms with Gasteiger partial charge in [-0.15, -0.1) is 0 Å². The van der Waals surface area contributed by atoms with Gasteiger partial charge in [0, 0.05) is 32.9 Å². The number of para-hydroxylation sites is 1. The minimum atomic E-state index is -0.264. The van der Waals surface area contributed by atoms with Gasteiger partial charge in [0.2, 0.25) is 11.8 Å². The van der Waals surface area contributed by atoms with Crippen molar-refractivity contribution in [3.63, 3.8) is 0 Å². The van der Waals surface area contributed by atoms with Crippen LogP contribution in [0.2, 0.25) is 0 Å². The van der Waals surface area contributed by atoms with Gasteiger partial charge in [-0.05, 0) is 38.4 Å². The third-order valence-corrected chi connectivity index (χ3v) is 4.78. The second-order valence-corrected chi connectivity index (χ2v) is 6.62. The molecule has 1 heterocycles. The zero-order valence-corrected chi connectivity index (χ0v) is 15.4. The minimum Gasteiger partial charge on any atom is -0.383 e. The maximum Gasteiger partial charge on any atom is 0.241 e. The smallest absolute Gasteiger partial charge is 0.241 e. The van der Waals surface area contributed by atoms with Gasteiger partial charge in [0.05, 0.1) is 18.6 Å². The number of nitrogens with zero attached hydrogens (tertiary/aromatic N) is 2. The van der Waals surface area contributed by atoms with Crippen LogP contribution >= 0.6 is 0 Å². The van der Waals surface area contributed by atoms with Crippen molar-refractivity contribution in [1.29, 1.82) is 0 Å². The van der Waals surface area contributed by atoms with E-state index in [9.17, 15) is 9.59 Å². The lowest BCUT2D eigenvalue weighted by atomic mass is 9.95. The van der Waals surface area contributed by atoms with E-state index >= 15 is 0 Å². The Morgan fingerprint density at radius 3 is 2.76 bits per heavy atom. The van der Waals surface area contributed by atoms with Crippen LogP contribution in [0, 0.1) is 5.92 Å². The summed E-state index contributed by atoms with van der Waals surface area (Å²) >= 11 is 0. The Hall–Kier alpha value is -1.92. The van der Waals surface area contributed by atoms with Gasteiger partial charge in [0.25, 0.3) is 0 Å². The van der Waals surface area contributed by atoms with Crippen LogP contribution < -0.4 is 5.32 Å². The van der Waals surface area contributed by atoms with E-state index in [1.165, 1.54) is 0 Å². The molecule has 2 rings (SSSR count). The average Bonchev–Trinajstić information content (AvgIpc) is 2.65. The number of piperidine rings is 1. The number of benzene rings is 1. The van der Waals surface area contributed by atoms with Gasteiger partial charge < -0.3 is 15.0 Å². The standard InChI is InChI=1S/C19H29N3O3/c1-15(18(23)20-17-9-5-4-6-10-17)22-11-7-8-16(14-22)19(24)21(2)12-13-25-3/h4-6,9-10,15-16H,7-8,11-14H2,1-3H3,(H,20,23). The van der Waals surface area contributed by atoms with Crippen LogP contribution in [0.15, 0.2) is 30.3 Å². The van der Waals surface area contributed by atoms with Gasteiger partial charge in [-0.25, -0.2) is 0 Å². The van der Waals surface area contributed by atoms with Gasteiger partial charge >= 0.3 is 0 Å². The normalized spacial score (nSPS) is 19.2. The highest BCUT2D eigenvalue weighted by Gasteiger charge is 2.32. The van der Waals surface area contributed by atoms with Crippen molar-refractivity contribution >= 4 is 17.5 Å². The number of rotatable bonds is 7. The second kappa shape index (κ2) is 9.53. The van der Waals surface area contributed by atoms with Crippen molar-refractivity contribution in [2.24, 2.45) is 5.92 Å². The molecule has 2 atom stereocenters. The number of methoxy groups -OCH3 is 1. The Morgan fingerprint density at radius 2 is 2.08 bits per heavy atom. The van der Waals surface area contributed by atoms with Crippen LogP contribution in [0.5, 0.6) is 0 Å². The van der Waals surface area contributed by atoms with E-state index in [0.29, 0.717) is 19.7 Å². The van der Waals surface area contributed by atoms with Crippen molar-refractivity contribution < 1.29 is 14.3 Å². The Kier molecular flexibility index (Phi) is 7.40. The fourth-order valence-corrected chi connectivity index (χ4v) is 3.14. The molecule has 25 heavy (non-hydrogen) atoms. The van der Waals surface area contributed by atoms with Gasteiger partial charge in [-0.1, -0.05) is 18.2 Å². The average molecular weight is 347 g/mol. The monoisotopic (exact) mass is 347 g/mol. The number of likely N-dealkylation sites (tertiary alicyclic amines) is 1. The van der Waals surface area contributed by atoms with E-state index in [4.69, 9.17) is 4.74 Å². The fraction of sp³-hybridized carbons (Fsp3) is 0.579. The lowest BCUT2D eigenvalue weighted by Crippen LogP contribution is -2.50. The molecule has 1 aliphatic heterocycles. The molecule has 0 spiro atoms. The molecule has 138 valence electrons. The summed E-state index contributed by atoms with van der Waals surface area (Å²) in [4.78, 5) is 28.9. The molecule has 0 bridgehead atoms. The molecule has 0 aliphatic carbocycles. The summed E-state index contributed by atoms with van der Waals surface area (Å²) in [6.07, 6.45) is 1.80. The van der Waals surface area contributed by atoms with Gasteiger partial charge in [-0.2, -0.15) is 0 Å². The number of likely N-dealkylation sites (N-methyl/N-ethyl adjacent to an activating group) is 1. The van der Waals surface area contributed by atoms with E-state index in [2.05, 4.69) is 10.2 Å². The number of nitrogens with one attached hydrogen (secondary N) is 1. The maximum atomic E-state index is 12.6. The molecule has 0 aromatic heterocycles. The van der Waals surface area contributed by atoms with Gasteiger partial charge in [0.15, 0.2) is 0 Å². The van der Waals surface area contributed by atoms with E-state index in [1.54, 1.807) is 12.0 Å². The van der Waals surface area contributed by atoms with Crippen molar-refractivity contribution in [2.45, 2.75) is 25.8 Å². The molecule has 6 heteroatoms. The second-order valence-electron chi connectivity index (χ2n) is 6.62. The first kappa shape index (κ1) is 19.4. The molecule has 2 unspecified atom stereocenters. The van der Waals surface area contributed by atoms with Crippen molar-refractivity contribution in [2.75, 3.05) is 45.7 Å². The summed E-state index contributed by atoms with van der Waals surface area (Å²) in [5, 5.41) is 2.94. The third kappa shape index (κ3) is 5.54. The molecule has 1 saturated heterocycles. The van der Waals surface area contributed by atoms with E-state index in [-0.39, 0.29) is 23.8 Å². The zero-order chi connectivity index (χ0) is 18.2. The zero-order valence-electron chi connectivity index (χ0n) is 15.4. The summed E-state index contributed by atoms with van der Waals surface area (Å²) in [5.74, 6) is 0.0482. The molecule has 1 aromatic rings. The lowest BCUT2D eigenvalue weighted by molar-refractivity contribution is -0.137. The molecule has 1 fully saturated rings. The molecule has 0 radical (unpaired) electrons. The first-order chi connectivity index (χ1) is 12.0. The Balaban J connectivity index is 1.90. The topological polar surface area (TPSA) is 61.9 Å². The Labute approximate surface area is 150 Å². The van der Waals surface area contributed by atoms with Gasteiger partial charge in [0.1, 0.15) is 0 Å². The number of carbonyl (C=O) groups excluding carboxylic acids is 2. The predicted octanol–water partition coefficient (Wildman–Crippen LogP) is 1.83. The maximum absolute atomic E-state index is 12.6. The SMILES string of the molecule is COCCN(C)C(=O)C1CCCN(C(C)C(=O)Nc2ccccc2)C1. The van der Waals surface area contributed by atoms with Crippen molar-refractivity contribution in [3.8, 4) is 0 Å². The molecular formula is C19H29N3O3. The molecule has 1 N–H and O–H groups in total. The molecule has 0 saturated carbocycles. The van der Waals surface area contributed by atoms with Crippen LogP contribution in [-0.2, 0) is 14.3 Å². The first-order valence-electron chi connectivity index (χ1n) is 8.86.